The number of unbranched alkanes of at least 4 members (excludes halogenated alkanes) is 2. The third-order valence-electron chi connectivity index (χ3n) is 4.86. The first-order valence-electron chi connectivity index (χ1n) is 10.2. The van der Waals surface area contributed by atoms with Crippen molar-refractivity contribution in [2.75, 3.05) is 0 Å². The van der Waals surface area contributed by atoms with Gasteiger partial charge in [0.05, 0.1) is 0 Å². The molecule has 0 aliphatic heterocycles. The van der Waals surface area contributed by atoms with Crippen LogP contribution in [0.4, 0.5) is 8.78 Å². The molecule has 0 nitrogen and oxygen atoms in total. The second-order valence-corrected chi connectivity index (χ2v) is 7.30. The molecule has 0 heterocycles. The van der Waals surface area contributed by atoms with E-state index in [0.717, 1.165) is 42.4 Å². The Morgan fingerprint density at radius 2 is 1.13 bits per heavy atom. The van der Waals surface area contributed by atoms with E-state index in [-0.39, 0.29) is 11.6 Å². The largest absolute Gasteiger partial charge is 0.207 e. The van der Waals surface area contributed by atoms with Crippen molar-refractivity contribution in [2.24, 2.45) is 0 Å². The molecule has 0 spiro atoms. The van der Waals surface area contributed by atoms with Gasteiger partial charge in [0.2, 0.25) is 0 Å². The minimum Gasteiger partial charge on any atom is -0.207 e. The first kappa shape index (κ1) is 21.4. The summed E-state index contributed by atoms with van der Waals surface area (Å²) in [5, 5.41) is 0. The van der Waals surface area contributed by atoms with Crippen molar-refractivity contribution in [3.05, 3.63) is 106 Å². The molecule has 3 aromatic rings. The number of benzene rings is 3. The fourth-order valence-electron chi connectivity index (χ4n) is 2.99. The second-order valence-electron chi connectivity index (χ2n) is 7.30. The smallest absolute Gasteiger partial charge is 0.127 e. The fourth-order valence-corrected chi connectivity index (χ4v) is 2.99. The summed E-state index contributed by atoms with van der Waals surface area (Å²) >= 11 is 0. The van der Waals surface area contributed by atoms with Gasteiger partial charge >= 0.3 is 0 Å². The third-order valence-corrected chi connectivity index (χ3v) is 4.86. The van der Waals surface area contributed by atoms with Crippen molar-refractivity contribution >= 4 is 0 Å². The minimum atomic E-state index is -0.252. The van der Waals surface area contributed by atoms with Gasteiger partial charge in [-0.3, -0.25) is 0 Å². The molecule has 30 heavy (non-hydrogen) atoms. The molecule has 0 radical (unpaired) electrons. The number of halogens is 2. The van der Waals surface area contributed by atoms with Crippen molar-refractivity contribution in [3.63, 3.8) is 0 Å². The molecular formula is C28H24F2. The van der Waals surface area contributed by atoms with Gasteiger partial charge in [0.15, 0.2) is 0 Å². The summed E-state index contributed by atoms with van der Waals surface area (Å²) in [5.74, 6) is 11.6. The van der Waals surface area contributed by atoms with Crippen LogP contribution in [0.15, 0.2) is 60.7 Å². The van der Waals surface area contributed by atoms with Crippen molar-refractivity contribution < 1.29 is 8.78 Å². The molecule has 0 aliphatic carbocycles. The summed E-state index contributed by atoms with van der Waals surface area (Å²) in [6.45, 7) is 3.86. The Bertz CT molecular complexity index is 1130. The highest BCUT2D eigenvalue weighted by molar-refractivity contribution is 5.48. The molecule has 0 saturated heterocycles. The molecule has 0 aromatic heterocycles. The van der Waals surface area contributed by atoms with Crippen LogP contribution in [0.25, 0.3) is 0 Å². The minimum absolute atomic E-state index is 0.184. The van der Waals surface area contributed by atoms with E-state index < -0.39 is 0 Å². The van der Waals surface area contributed by atoms with E-state index in [0.29, 0.717) is 16.7 Å². The van der Waals surface area contributed by atoms with Gasteiger partial charge in [-0.2, -0.15) is 0 Å². The first-order chi connectivity index (χ1) is 14.5. The average molecular weight is 398 g/mol. The van der Waals surface area contributed by atoms with E-state index >= 15 is 0 Å². The molecule has 3 rings (SSSR count). The van der Waals surface area contributed by atoms with E-state index in [1.54, 1.807) is 19.1 Å². The summed E-state index contributed by atoms with van der Waals surface area (Å²) in [5.41, 5.74) is 4.32. The average Bonchev–Trinajstić information content (AvgIpc) is 2.75. The highest BCUT2D eigenvalue weighted by Gasteiger charge is 2.02. The van der Waals surface area contributed by atoms with Crippen LogP contribution >= 0.6 is 0 Å². The second kappa shape index (κ2) is 10.4. The van der Waals surface area contributed by atoms with E-state index in [1.807, 2.05) is 36.4 Å². The molecule has 0 bridgehead atoms. The Balaban J connectivity index is 1.67. The van der Waals surface area contributed by atoms with Crippen LogP contribution in [0.5, 0.6) is 0 Å². The maximum atomic E-state index is 14.2. The summed E-state index contributed by atoms with van der Waals surface area (Å²) in [6, 6.07) is 17.7. The van der Waals surface area contributed by atoms with Crippen LogP contribution in [0.2, 0.25) is 0 Å². The highest BCUT2D eigenvalue weighted by atomic mass is 19.1. The van der Waals surface area contributed by atoms with Gasteiger partial charge in [0.25, 0.3) is 0 Å². The van der Waals surface area contributed by atoms with Gasteiger partial charge < -0.3 is 0 Å². The number of rotatable bonds is 4. The predicted octanol–water partition coefficient (Wildman–Crippen LogP) is 6.81. The lowest BCUT2D eigenvalue weighted by atomic mass is 10.0. The topological polar surface area (TPSA) is 0 Å². The zero-order valence-electron chi connectivity index (χ0n) is 17.4. The molecular weight excluding hydrogens is 374 g/mol. The summed E-state index contributed by atoms with van der Waals surface area (Å²) in [7, 11) is 0. The standard InChI is InChI=1S/C28H24F2/c1-3-4-5-6-26-18-17-25(20-28(26)30)16-14-23-11-9-22(10-12-23)13-15-24-8-7-21(2)27(29)19-24/h7-12,17-20H,3-6H2,1-2H3. The van der Waals surface area contributed by atoms with Crippen LogP contribution in [-0.2, 0) is 6.42 Å². The van der Waals surface area contributed by atoms with Gasteiger partial charge in [-0.05, 0) is 79.4 Å². The van der Waals surface area contributed by atoms with Crippen LogP contribution in [0.3, 0.4) is 0 Å². The molecule has 3 aromatic carbocycles. The van der Waals surface area contributed by atoms with Crippen molar-refractivity contribution in [1.29, 1.82) is 0 Å². The van der Waals surface area contributed by atoms with Crippen LogP contribution in [-0.4, -0.2) is 0 Å². The SMILES string of the molecule is CCCCCc1ccc(C#Cc2ccc(C#Cc3ccc(C)c(F)c3)cc2)cc1F. The lowest BCUT2D eigenvalue weighted by Crippen LogP contribution is -1.92. The number of hydrogen-bond donors (Lipinski definition) is 0. The lowest BCUT2D eigenvalue weighted by Gasteiger charge is -2.03. The van der Waals surface area contributed by atoms with Crippen LogP contribution < -0.4 is 0 Å². The Morgan fingerprint density at radius 1 is 0.633 bits per heavy atom. The molecule has 0 unspecified atom stereocenters. The fraction of sp³-hybridized carbons (Fsp3) is 0.214. The molecule has 0 aliphatic rings. The summed E-state index contributed by atoms with van der Waals surface area (Å²) in [4.78, 5) is 0. The maximum absolute atomic E-state index is 14.2. The van der Waals surface area contributed by atoms with E-state index in [1.165, 1.54) is 12.1 Å². The Morgan fingerprint density at radius 3 is 1.67 bits per heavy atom. The van der Waals surface area contributed by atoms with E-state index in [4.69, 9.17) is 0 Å². The van der Waals surface area contributed by atoms with Crippen molar-refractivity contribution in [2.45, 2.75) is 39.5 Å². The Kier molecular flexibility index (Phi) is 7.42. The van der Waals surface area contributed by atoms with Gasteiger partial charge in [0.1, 0.15) is 11.6 Å². The quantitative estimate of drug-likeness (QED) is 0.335. The third kappa shape index (κ3) is 6.07. The highest BCUT2D eigenvalue weighted by Crippen LogP contribution is 2.14. The van der Waals surface area contributed by atoms with Crippen molar-refractivity contribution in [1.82, 2.24) is 0 Å². The van der Waals surface area contributed by atoms with Gasteiger partial charge in [-0.1, -0.05) is 55.6 Å². The van der Waals surface area contributed by atoms with Crippen LogP contribution in [0.1, 0.15) is 59.6 Å². The molecule has 0 N–H and O–H groups in total. The zero-order valence-corrected chi connectivity index (χ0v) is 17.4. The van der Waals surface area contributed by atoms with Crippen molar-refractivity contribution in [3.8, 4) is 23.7 Å². The van der Waals surface area contributed by atoms with Gasteiger partial charge in [0, 0.05) is 22.3 Å². The van der Waals surface area contributed by atoms with E-state index in [9.17, 15) is 8.78 Å². The molecule has 0 amide bonds. The van der Waals surface area contributed by atoms with Crippen LogP contribution in [0, 0.1) is 42.2 Å². The van der Waals surface area contributed by atoms with E-state index in [2.05, 4.69) is 30.6 Å². The summed E-state index contributed by atoms with van der Waals surface area (Å²) < 4.78 is 27.8. The predicted molar refractivity (Wildman–Crippen MR) is 119 cm³/mol. The van der Waals surface area contributed by atoms with Gasteiger partial charge in [-0.25, -0.2) is 8.78 Å². The molecule has 0 fully saturated rings. The maximum Gasteiger partial charge on any atom is 0.127 e. The Hall–Kier alpha value is -3.36. The number of aryl methyl sites for hydroxylation is 2. The molecule has 0 saturated carbocycles. The first-order valence-corrected chi connectivity index (χ1v) is 10.2. The monoisotopic (exact) mass is 398 g/mol. The number of hydrogen-bond acceptors (Lipinski definition) is 0. The molecule has 150 valence electrons. The summed E-state index contributed by atoms with van der Waals surface area (Å²) in [6.07, 6.45) is 4.01. The lowest BCUT2D eigenvalue weighted by molar-refractivity contribution is 0.598. The molecule has 2 heteroatoms. The molecule has 0 atom stereocenters. The van der Waals surface area contributed by atoms with Gasteiger partial charge in [-0.15, -0.1) is 0 Å². The zero-order chi connectivity index (χ0) is 21.3. The Labute approximate surface area is 178 Å². The normalized spacial score (nSPS) is 10.0.